The zero-order valence-corrected chi connectivity index (χ0v) is 20.7. The van der Waals surface area contributed by atoms with Crippen LogP contribution >= 0.6 is 0 Å². The Kier molecular flexibility index (Phi) is 5.75. The second-order valence-electron chi connectivity index (χ2n) is 9.62. The number of benzene rings is 2. The Bertz CT molecular complexity index is 1520. The summed E-state index contributed by atoms with van der Waals surface area (Å²) >= 11 is 0. The molecule has 2 aromatic carbocycles. The molecule has 9 heteroatoms. The quantitative estimate of drug-likeness (QED) is 0.403. The number of nitrogens with one attached hydrogen (secondary N) is 2. The summed E-state index contributed by atoms with van der Waals surface area (Å²) in [7, 11) is 0. The molecule has 0 unspecified atom stereocenters. The van der Waals surface area contributed by atoms with Gasteiger partial charge in [-0.2, -0.15) is 5.10 Å². The molecular weight excluding hydrogens is 470 g/mol. The summed E-state index contributed by atoms with van der Waals surface area (Å²) in [4.78, 5) is 30.9. The first kappa shape index (κ1) is 23.0. The summed E-state index contributed by atoms with van der Waals surface area (Å²) in [5.74, 6) is 0.889. The first-order chi connectivity index (χ1) is 18.0. The van der Waals surface area contributed by atoms with Gasteiger partial charge in [-0.1, -0.05) is 6.07 Å². The van der Waals surface area contributed by atoms with Crippen LogP contribution < -0.4 is 20.1 Å². The van der Waals surface area contributed by atoms with E-state index in [4.69, 9.17) is 14.5 Å². The number of anilines is 1. The van der Waals surface area contributed by atoms with Crippen LogP contribution in [0.5, 0.6) is 11.5 Å². The number of rotatable bonds is 6. The normalized spacial score (nSPS) is 14.6. The summed E-state index contributed by atoms with van der Waals surface area (Å²) in [5.41, 5.74) is 3.52. The van der Waals surface area contributed by atoms with E-state index in [-0.39, 0.29) is 23.9 Å². The minimum absolute atomic E-state index is 0.0538. The molecule has 4 aromatic rings. The highest BCUT2D eigenvalue weighted by Gasteiger charge is 2.24. The van der Waals surface area contributed by atoms with Gasteiger partial charge in [-0.15, -0.1) is 0 Å². The average Bonchev–Trinajstić information content (AvgIpc) is 3.62. The van der Waals surface area contributed by atoms with Gasteiger partial charge in [0.05, 0.1) is 22.8 Å². The molecule has 1 aliphatic heterocycles. The average molecular weight is 498 g/mol. The minimum atomic E-state index is -0.311. The zero-order valence-electron chi connectivity index (χ0n) is 20.7. The lowest BCUT2D eigenvalue weighted by molar-refractivity contribution is 0.0949. The van der Waals surface area contributed by atoms with Crippen LogP contribution in [0, 0.1) is 0 Å². The fraction of sp³-hybridized carbons (Fsp3) is 0.286. The molecule has 0 bridgehead atoms. The molecule has 9 nitrogen and oxygen atoms in total. The van der Waals surface area contributed by atoms with Gasteiger partial charge in [0.15, 0.2) is 17.1 Å². The van der Waals surface area contributed by atoms with Crippen molar-refractivity contribution in [2.75, 3.05) is 18.5 Å². The third-order valence-corrected chi connectivity index (χ3v) is 6.43. The van der Waals surface area contributed by atoms with Gasteiger partial charge in [-0.25, -0.2) is 9.67 Å². The van der Waals surface area contributed by atoms with Crippen LogP contribution in [0.15, 0.2) is 54.7 Å². The molecule has 3 heterocycles. The Labute approximate surface area is 213 Å². The van der Waals surface area contributed by atoms with Crippen molar-refractivity contribution in [1.82, 2.24) is 20.1 Å². The topological polar surface area (TPSA) is 107 Å². The molecule has 6 rings (SSSR count). The highest BCUT2D eigenvalue weighted by molar-refractivity contribution is 6.13. The Hall–Kier alpha value is -4.40. The van der Waals surface area contributed by atoms with E-state index in [1.807, 2.05) is 32.0 Å². The van der Waals surface area contributed by atoms with Crippen LogP contribution in [0.3, 0.4) is 0 Å². The van der Waals surface area contributed by atoms with Crippen LogP contribution in [0.2, 0.25) is 0 Å². The number of hydrogen-bond donors (Lipinski definition) is 2. The van der Waals surface area contributed by atoms with Crippen LogP contribution in [-0.2, 0) is 0 Å². The third kappa shape index (κ3) is 4.60. The summed E-state index contributed by atoms with van der Waals surface area (Å²) in [6.45, 7) is 5.03. The van der Waals surface area contributed by atoms with Crippen LogP contribution in [0.1, 0.15) is 53.4 Å². The first-order valence-corrected chi connectivity index (χ1v) is 12.5. The maximum absolute atomic E-state index is 13.6. The van der Waals surface area contributed by atoms with Crippen molar-refractivity contribution in [1.29, 1.82) is 0 Å². The van der Waals surface area contributed by atoms with Gasteiger partial charge in [0.2, 0.25) is 0 Å². The van der Waals surface area contributed by atoms with Crippen LogP contribution in [0.25, 0.3) is 22.3 Å². The predicted molar refractivity (Wildman–Crippen MR) is 139 cm³/mol. The molecular formula is C28H27N5O4. The fourth-order valence-corrected chi connectivity index (χ4v) is 4.37. The lowest BCUT2D eigenvalue weighted by Gasteiger charge is -2.19. The van der Waals surface area contributed by atoms with E-state index in [9.17, 15) is 9.59 Å². The molecule has 0 saturated heterocycles. The smallest absolute Gasteiger partial charge is 0.256 e. The van der Waals surface area contributed by atoms with Gasteiger partial charge in [-0.3, -0.25) is 9.59 Å². The van der Waals surface area contributed by atoms with Gasteiger partial charge < -0.3 is 20.1 Å². The number of ether oxygens (including phenoxy) is 2. The van der Waals surface area contributed by atoms with Crippen LogP contribution in [-0.4, -0.2) is 45.8 Å². The summed E-state index contributed by atoms with van der Waals surface area (Å²) in [6, 6.07) is 14.7. The molecule has 2 aromatic heterocycles. The van der Waals surface area contributed by atoms with E-state index in [0.29, 0.717) is 58.3 Å². The van der Waals surface area contributed by atoms with Crippen molar-refractivity contribution in [2.24, 2.45) is 0 Å². The van der Waals surface area contributed by atoms with Gasteiger partial charge in [-0.05, 0) is 69.2 Å². The maximum Gasteiger partial charge on any atom is 0.256 e. The Balaban J connectivity index is 1.37. The van der Waals surface area contributed by atoms with E-state index in [0.717, 1.165) is 18.4 Å². The van der Waals surface area contributed by atoms with Crippen molar-refractivity contribution in [3.8, 4) is 22.8 Å². The largest absolute Gasteiger partial charge is 0.486 e. The maximum atomic E-state index is 13.6. The lowest BCUT2D eigenvalue weighted by atomic mass is 10.1. The standard InChI is InChI=1S/C28H27N5O4/c1-16(2)33-26-22(15-29-33)21(14-23(32-26)17-6-9-24-25(13-17)37-11-10-36-24)28(35)31-20-5-3-4-18(12-20)27(34)30-19-7-8-19/h3-6,9,12-16,19H,7-8,10-11H2,1-2H3,(H,30,34)(H,31,35). The molecule has 1 aliphatic carbocycles. The van der Waals surface area contributed by atoms with E-state index in [1.54, 1.807) is 41.2 Å². The van der Waals surface area contributed by atoms with Crippen molar-refractivity contribution < 1.29 is 19.1 Å². The van der Waals surface area contributed by atoms with E-state index < -0.39 is 0 Å². The summed E-state index contributed by atoms with van der Waals surface area (Å²) in [6.07, 6.45) is 3.69. The molecule has 0 radical (unpaired) electrons. The molecule has 2 amide bonds. The summed E-state index contributed by atoms with van der Waals surface area (Å²) < 4.78 is 13.2. The molecule has 0 spiro atoms. The first-order valence-electron chi connectivity index (χ1n) is 12.5. The third-order valence-electron chi connectivity index (χ3n) is 6.43. The van der Waals surface area contributed by atoms with Gasteiger partial charge >= 0.3 is 0 Å². The van der Waals surface area contributed by atoms with E-state index in [1.165, 1.54) is 0 Å². The summed E-state index contributed by atoms with van der Waals surface area (Å²) in [5, 5.41) is 11.1. The Morgan fingerprint density at radius 2 is 1.81 bits per heavy atom. The fourth-order valence-electron chi connectivity index (χ4n) is 4.37. The molecule has 2 N–H and O–H groups in total. The number of carbonyl (C=O) groups is 2. The highest BCUT2D eigenvalue weighted by Crippen LogP contribution is 2.35. The van der Waals surface area contributed by atoms with Gasteiger partial charge in [0, 0.05) is 28.9 Å². The number of nitrogens with zero attached hydrogens (tertiary/aromatic N) is 3. The molecule has 1 saturated carbocycles. The highest BCUT2D eigenvalue weighted by atomic mass is 16.6. The molecule has 188 valence electrons. The lowest BCUT2D eigenvalue weighted by Crippen LogP contribution is -2.25. The Morgan fingerprint density at radius 1 is 1.00 bits per heavy atom. The molecule has 37 heavy (non-hydrogen) atoms. The molecule has 2 aliphatic rings. The van der Waals surface area contributed by atoms with E-state index >= 15 is 0 Å². The second kappa shape index (κ2) is 9.24. The molecule has 0 atom stereocenters. The number of amides is 2. The zero-order chi connectivity index (χ0) is 25.5. The molecule has 1 fully saturated rings. The van der Waals surface area contributed by atoms with Crippen molar-refractivity contribution in [2.45, 2.75) is 38.8 Å². The Morgan fingerprint density at radius 3 is 2.59 bits per heavy atom. The monoisotopic (exact) mass is 497 g/mol. The van der Waals surface area contributed by atoms with Gasteiger partial charge in [0.1, 0.15) is 13.2 Å². The van der Waals surface area contributed by atoms with Crippen molar-refractivity contribution in [3.05, 3.63) is 65.9 Å². The second-order valence-corrected chi connectivity index (χ2v) is 9.62. The number of aromatic nitrogens is 3. The number of hydrogen-bond acceptors (Lipinski definition) is 6. The van der Waals surface area contributed by atoms with Crippen LogP contribution in [0.4, 0.5) is 5.69 Å². The number of fused-ring (bicyclic) bond motifs is 2. The minimum Gasteiger partial charge on any atom is -0.486 e. The number of pyridine rings is 1. The number of carbonyl (C=O) groups excluding carboxylic acids is 2. The predicted octanol–water partition coefficient (Wildman–Crippen LogP) is 4.59. The van der Waals surface area contributed by atoms with E-state index in [2.05, 4.69) is 15.7 Å². The van der Waals surface area contributed by atoms with Gasteiger partial charge in [0.25, 0.3) is 11.8 Å². The SMILES string of the molecule is CC(C)n1ncc2c(C(=O)Nc3cccc(C(=O)NC4CC4)c3)cc(-c3ccc4c(c3)OCCO4)nc21. The van der Waals surface area contributed by atoms with Crippen molar-refractivity contribution >= 4 is 28.5 Å². The van der Waals surface area contributed by atoms with Crippen molar-refractivity contribution in [3.63, 3.8) is 0 Å².